The molecule has 1 atom stereocenters. The summed E-state index contributed by atoms with van der Waals surface area (Å²) in [5, 5.41) is 4.44. The molecule has 2 rings (SSSR count). The summed E-state index contributed by atoms with van der Waals surface area (Å²) < 4.78 is 0. The molecule has 6 nitrogen and oxygen atoms in total. The number of aryl methyl sites for hydroxylation is 1. The average molecular weight is 309 g/mol. The second-order valence-corrected chi connectivity index (χ2v) is 6.69. The Morgan fingerprint density at radius 3 is 3.10 bits per heavy atom. The topological polar surface area (TPSA) is 83.6 Å². The first-order valence-corrected chi connectivity index (χ1v) is 8.05. The molecule has 0 bridgehead atoms. The van der Waals surface area contributed by atoms with Gasteiger partial charge in [-0.25, -0.2) is 4.98 Å². The minimum Gasteiger partial charge on any atom is -0.370 e. The van der Waals surface area contributed by atoms with Gasteiger partial charge in [-0.15, -0.1) is 11.3 Å². The normalized spacial score (nSPS) is 19.6. The number of aliphatic imine (C=N–C) groups is 1. The average Bonchev–Trinajstić information content (AvgIpc) is 2.85. The quantitative estimate of drug-likeness (QED) is 0.645. The van der Waals surface area contributed by atoms with Crippen molar-refractivity contribution >= 4 is 23.2 Å². The van der Waals surface area contributed by atoms with Crippen LogP contribution in [-0.4, -0.2) is 41.9 Å². The van der Waals surface area contributed by atoms with Gasteiger partial charge in [0.1, 0.15) is 0 Å². The van der Waals surface area contributed by atoms with Crippen LogP contribution in [0, 0.1) is 12.8 Å². The Balaban J connectivity index is 1.89. The van der Waals surface area contributed by atoms with Crippen molar-refractivity contribution < 1.29 is 4.79 Å². The lowest BCUT2D eigenvalue weighted by Gasteiger charge is -2.34. The first kappa shape index (κ1) is 15.8. The summed E-state index contributed by atoms with van der Waals surface area (Å²) in [6, 6.07) is 0. The lowest BCUT2D eigenvalue weighted by Crippen LogP contribution is -2.46. The molecule has 116 valence electrons. The van der Waals surface area contributed by atoms with Gasteiger partial charge in [-0.1, -0.05) is 0 Å². The van der Waals surface area contributed by atoms with E-state index in [4.69, 9.17) is 5.73 Å². The smallest absolute Gasteiger partial charge is 0.217 e. The number of likely N-dealkylation sites (tertiary alicyclic amines) is 1. The molecule has 1 amide bonds. The van der Waals surface area contributed by atoms with Crippen molar-refractivity contribution in [3.63, 3.8) is 0 Å². The van der Waals surface area contributed by atoms with Gasteiger partial charge in [0, 0.05) is 37.6 Å². The third-order valence-electron chi connectivity index (χ3n) is 3.61. The van der Waals surface area contributed by atoms with Gasteiger partial charge in [0.25, 0.3) is 0 Å². The van der Waals surface area contributed by atoms with Gasteiger partial charge >= 0.3 is 0 Å². The van der Waals surface area contributed by atoms with Crippen LogP contribution >= 0.6 is 11.3 Å². The van der Waals surface area contributed by atoms with Crippen LogP contribution in [0.2, 0.25) is 0 Å². The van der Waals surface area contributed by atoms with E-state index < -0.39 is 0 Å². The van der Waals surface area contributed by atoms with Gasteiger partial charge in [0.2, 0.25) is 5.91 Å². The zero-order chi connectivity index (χ0) is 15.2. The highest BCUT2D eigenvalue weighted by molar-refractivity contribution is 7.11. The molecule has 0 aliphatic carbocycles. The van der Waals surface area contributed by atoms with E-state index in [0.717, 1.165) is 43.4 Å². The van der Waals surface area contributed by atoms with Gasteiger partial charge in [0.05, 0.1) is 11.6 Å². The lowest BCUT2D eigenvalue weighted by atomic mass is 9.95. The van der Waals surface area contributed by atoms with Gasteiger partial charge in [-0.05, 0) is 25.7 Å². The molecule has 0 spiro atoms. The van der Waals surface area contributed by atoms with Crippen molar-refractivity contribution in [2.24, 2.45) is 16.6 Å². The SMILES string of the molecule is CN=C(NCc1cnc(C)s1)N1CCCC(CC(N)=O)C1. The van der Waals surface area contributed by atoms with E-state index in [2.05, 4.69) is 20.2 Å². The molecule has 0 saturated carbocycles. The number of thiazole rings is 1. The van der Waals surface area contributed by atoms with E-state index in [1.165, 1.54) is 4.88 Å². The zero-order valence-electron chi connectivity index (χ0n) is 12.6. The van der Waals surface area contributed by atoms with E-state index in [1.807, 2.05) is 13.1 Å². The molecular weight excluding hydrogens is 286 g/mol. The number of hydrogen-bond acceptors (Lipinski definition) is 4. The van der Waals surface area contributed by atoms with Gasteiger partial charge < -0.3 is 16.0 Å². The third kappa shape index (κ3) is 4.70. The van der Waals surface area contributed by atoms with Crippen LogP contribution in [-0.2, 0) is 11.3 Å². The number of amides is 1. The number of carbonyl (C=O) groups excluding carboxylic acids is 1. The second-order valence-electron chi connectivity index (χ2n) is 5.37. The number of guanidine groups is 1. The molecule has 1 unspecified atom stereocenters. The zero-order valence-corrected chi connectivity index (χ0v) is 13.4. The Kier molecular flexibility index (Phi) is 5.55. The van der Waals surface area contributed by atoms with E-state index in [0.29, 0.717) is 12.3 Å². The first-order valence-electron chi connectivity index (χ1n) is 7.23. The maximum atomic E-state index is 11.1. The van der Waals surface area contributed by atoms with E-state index in [1.54, 1.807) is 18.4 Å². The van der Waals surface area contributed by atoms with Crippen molar-refractivity contribution in [3.05, 3.63) is 16.1 Å². The summed E-state index contributed by atoms with van der Waals surface area (Å²) in [5.41, 5.74) is 5.31. The number of aromatic nitrogens is 1. The number of primary amides is 1. The van der Waals surface area contributed by atoms with Crippen LogP contribution in [0.1, 0.15) is 29.1 Å². The van der Waals surface area contributed by atoms with E-state index in [-0.39, 0.29) is 5.91 Å². The van der Waals surface area contributed by atoms with Gasteiger partial charge in [-0.2, -0.15) is 0 Å². The van der Waals surface area contributed by atoms with Crippen molar-refractivity contribution in [1.29, 1.82) is 0 Å². The second kappa shape index (κ2) is 7.40. The highest BCUT2D eigenvalue weighted by atomic mass is 32.1. The van der Waals surface area contributed by atoms with Crippen molar-refractivity contribution in [3.8, 4) is 0 Å². The molecule has 1 fully saturated rings. The Hall–Kier alpha value is -1.63. The minimum absolute atomic E-state index is 0.218. The summed E-state index contributed by atoms with van der Waals surface area (Å²) in [7, 11) is 1.79. The number of nitrogens with zero attached hydrogens (tertiary/aromatic N) is 3. The summed E-state index contributed by atoms with van der Waals surface area (Å²) >= 11 is 1.69. The third-order valence-corrected chi connectivity index (χ3v) is 4.52. The maximum absolute atomic E-state index is 11.1. The molecule has 7 heteroatoms. The molecule has 1 aromatic rings. The standard InChI is InChI=1S/C14H23N5OS/c1-10-17-7-12(21-10)8-18-14(16-2)19-5-3-4-11(9-19)6-13(15)20/h7,11H,3-6,8-9H2,1-2H3,(H2,15,20)(H,16,18). The van der Waals surface area contributed by atoms with Gasteiger partial charge in [-0.3, -0.25) is 9.79 Å². The Morgan fingerprint density at radius 1 is 1.67 bits per heavy atom. The predicted octanol–water partition coefficient (Wildman–Crippen LogP) is 1.11. The summed E-state index contributed by atoms with van der Waals surface area (Å²) in [6.07, 6.45) is 4.48. The lowest BCUT2D eigenvalue weighted by molar-refractivity contribution is -0.119. The molecule has 0 radical (unpaired) electrons. The molecular formula is C14H23N5OS. The Labute approximate surface area is 129 Å². The fourth-order valence-electron chi connectivity index (χ4n) is 2.69. The monoisotopic (exact) mass is 309 g/mol. The van der Waals surface area contributed by atoms with Crippen LogP contribution in [0.5, 0.6) is 0 Å². The summed E-state index contributed by atoms with van der Waals surface area (Å²) in [6.45, 7) is 4.54. The molecule has 1 aliphatic rings. The van der Waals surface area contributed by atoms with Crippen LogP contribution < -0.4 is 11.1 Å². The number of piperidine rings is 1. The van der Waals surface area contributed by atoms with Gasteiger partial charge in [0.15, 0.2) is 5.96 Å². The molecule has 2 heterocycles. The molecule has 0 aromatic carbocycles. The summed E-state index contributed by atoms with van der Waals surface area (Å²) in [5.74, 6) is 1.00. The van der Waals surface area contributed by atoms with Crippen molar-refractivity contribution in [2.75, 3.05) is 20.1 Å². The number of hydrogen-bond donors (Lipinski definition) is 2. The van der Waals surface area contributed by atoms with E-state index >= 15 is 0 Å². The van der Waals surface area contributed by atoms with Crippen LogP contribution in [0.15, 0.2) is 11.2 Å². The number of rotatable bonds is 4. The fraction of sp³-hybridized carbons (Fsp3) is 0.643. The summed E-state index contributed by atoms with van der Waals surface area (Å²) in [4.78, 5) is 23.1. The number of carbonyl (C=O) groups is 1. The van der Waals surface area contributed by atoms with Crippen LogP contribution in [0.25, 0.3) is 0 Å². The number of nitrogens with one attached hydrogen (secondary N) is 1. The van der Waals surface area contributed by atoms with Crippen LogP contribution in [0.4, 0.5) is 0 Å². The van der Waals surface area contributed by atoms with Crippen molar-refractivity contribution in [2.45, 2.75) is 32.7 Å². The van der Waals surface area contributed by atoms with Crippen LogP contribution in [0.3, 0.4) is 0 Å². The molecule has 1 saturated heterocycles. The predicted molar refractivity (Wildman–Crippen MR) is 85.2 cm³/mol. The number of nitrogens with two attached hydrogens (primary N) is 1. The molecule has 21 heavy (non-hydrogen) atoms. The Morgan fingerprint density at radius 2 is 2.48 bits per heavy atom. The van der Waals surface area contributed by atoms with Crippen molar-refractivity contribution in [1.82, 2.24) is 15.2 Å². The van der Waals surface area contributed by atoms with E-state index in [9.17, 15) is 4.79 Å². The largest absolute Gasteiger partial charge is 0.370 e. The molecule has 3 N–H and O–H groups in total. The fourth-order valence-corrected chi connectivity index (χ4v) is 3.43. The first-order chi connectivity index (χ1) is 10.1. The highest BCUT2D eigenvalue weighted by Crippen LogP contribution is 2.19. The highest BCUT2D eigenvalue weighted by Gasteiger charge is 2.23. The minimum atomic E-state index is -0.218. The molecule has 1 aliphatic heterocycles. The molecule has 1 aromatic heterocycles. The Bertz CT molecular complexity index is 513. The maximum Gasteiger partial charge on any atom is 0.217 e.